The molecule has 0 fully saturated rings. The van der Waals surface area contributed by atoms with Gasteiger partial charge in [0.05, 0.1) is 6.04 Å². The molecule has 1 unspecified atom stereocenters. The van der Waals surface area contributed by atoms with Crippen LogP contribution in [-0.2, 0) is 6.42 Å². The Bertz CT molecular complexity index is 493. The van der Waals surface area contributed by atoms with Gasteiger partial charge in [-0.2, -0.15) is 0 Å². The molecule has 1 atom stereocenters. The number of hydrogen-bond acceptors (Lipinski definition) is 4. The second kappa shape index (κ2) is 4.13. The minimum atomic E-state index is -1.54. The smallest absolute Gasteiger partial charge is 0.167 e. The SMILES string of the molecule is NC(Cc1c[nH]c2ccc(O)cc12)C(O)O. The molecule has 86 valence electrons. The van der Waals surface area contributed by atoms with E-state index in [0.29, 0.717) is 6.42 Å². The number of phenols is 1. The fourth-order valence-corrected chi connectivity index (χ4v) is 1.69. The number of aromatic nitrogens is 1. The van der Waals surface area contributed by atoms with E-state index in [1.165, 1.54) is 0 Å². The normalized spacial score (nSPS) is 13.5. The fourth-order valence-electron chi connectivity index (χ4n) is 1.69. The van der Waals surface area contributed by atoms with Crippen molar-refractivity contribution in [3.05, 3.63) is 30.0 Å². The number of benzene rings is 1. The Labute approximate surface area is 92.1 Å². The van der Waals surface area contributed by atoms with Crippen molar-refractivity contribution in [3.8, 4) is 5.75 Å². The summed E-state index contributed by atoms with van der Waals surface area (Å²) in [6.45, 7) is 0. The highest BCUT2D eigenvalue weighted by Gasteiger charge is 2.14. The van der Waals surface area contributed by atoms with Gasteiger partial charge in [-0.3, -0.25) is 0 Å². The molecule has 0 bridgehead atoms. The van der Waals surface area contributed by atoms with E-state index in [4.69, 9.17) is 15.9 Å². The third-order valence-corrected chi connectivity index (χ3v) is 2.59. The summed E-state index contributed by atoms with van der Waals surface area (Å²) < 4.78 is 0. The third kappa shape index (κ3) is 2.01. The molecule has 0 aliphatic heterocycles. The lowest BCUT2D eigenvalue weighted by Crippen LogP contribution is -2.36. The van der Waals surface area contributed by atoms with Gasteiger partial charge in [-0.15, -0.1) is 0 Å². The quantitative estimate of drug-likeness (QED) is 0.474. The molecule has 0 radical (unpaired) electrons. The summed E-state index contributed by atoms with van der Waals surface area (Å²) in [6, 6.07) is 4.23. The molecule has 0 spiro atoms. The van der Waals surface area contributed by atoms with Crippen molar-refractivity contribution in [1.29, 1.82) is 0 Å². The Morgan fingerprint density at radius 3 is 2.75 bits per heavy atom. The van der Waals surface area contributed by atoms with Gasteiger partial charge in [-0.1, -0.05) is 0 Å². The molecule has 2 aromatic rings. The Balaban J connectivity index is 2.34. The average Bonchev–Trinajstić information content (AvgIpc) is 2.61. The van der Waals surface area contributed by atoms with Crippen LogP contribution in [0.5, 0.6) is 5.75 Å². The lowest BCUT2D eigenvalue weighted by atomic mass is 10.1. The van der Waals surface area contributed by atoms with Gasteiger partial charge in [-0.25, -0.2) is 0 Å². The Kier molecular flexibility index (Phi) is 2.82. The topological polar surface area (TPSA) is 103 Å². The van der Waals surface area contributed by atoms with E-state index in [2.05, 4.69) is 4.98 Å². The van der Waals surface area contributed by atoms with E-state index in [1.807, 2.05) is 0 Å². The minimum absolute atomic E-state index is 0.173. The zero-order valence-corrected chi connectivity index (χ0v) is 8.59. The molecule has 1 aromatic heterocycles. The number of phenolic OH excluding ortho intramolecular Hbond substituents is 1. The molecule has 16 heavy (non-hydrogen) atoms. The zero-order valence-electron chi connectivity index (χ0n) is 8.59. The summed E-state index contributed by atoms with van der Waals surface area (Å²) in [6.07, 6.45) is 0.551. The highest BCUT2D eigenvalue weighted by atomic mass is 16.5. The van der Waals surface area contributed by atoms with E-state index in [9.17, 15) is 5.11 Å². The molecule has 0 saturated carbocycles. The highest BCUT2D eigenvalue weighted by Crippen LogP contribution is 2.23. The number of aromatic hydroxyl groups is 1. The maximum absolute atomic E-state index is 9.37. The number of rotatable bonds is 3. The van der Waals surface area contributed by atoms with Crippen LogP contribution in [0.15, 0.2) is 24.4 Å². The molecule has 0 saturated heterocycles. The number of aliphatic hydroxyl groups excluding tert-OH is 1. The van der Waals surface area contributed by atoms with Gasteiger partial charge in [0.1, 0.15) is 5.75 Å². The first-order valence-electron chi connectivity index (χ1n) is 4.98. The van der Waals surface area contributed by atoms with Crippen molar-refractivity contribution >= 4 is 10.9 Å². The molecule has 0 amide bonds. The summed E-state index contributed by atoms with van der Waals surface area (Å²) in [4.78, 5) is 3.03. The molecular formula is C11H14N2O3. The monoisotopic (exact) mass is 222 g/mol. The van der Waals surface area contributed by atoms with Gasteiger partial charge in [0.2, 0.25) is 0 Å². The molecule has 1 aromatic carbocycles. The number of hydrogen-bond donors (Lipinski definition) is 5. The molecular weight excluding hydrogens is 208 g/mol. The first kappa shape index (κ1) is 10.9. The second-order valence-electron chi connectivity index (χ2n) is 3.83. The first-order valence-corrected chi connectivity index (χ1v) is 4.98. The summed E-state index contributed by atoms with van der Waals surface area (Å²) in [5.41, 5.74) is 7.30. The standard InChI is InChI=1S/C11H14N2O3/c12-9(11(15)16)3-6-5-13-10-2-1-7(14)4-8(6)10/h1-2,4-5,9,11,13-16H,3,12H2. The molecule has 5 heteroatoms. The number of fused-ring (bicyclic) bond motifs is 1. The predicted octanol–water partition coefficient (Wildman–Crippen LogP) is 0.0540. The van der Waals surface area contributed by atoms with Crippen LogP contribution in [0.25, 0.3) is 10.9 Å². The largest absolute Gasteiger partial charge is 0.508 e. The van der Waals surface area contributed by atoms with Gasteiger partial charge in [-0.05, 0) is 30.2 Å². The van der Waals surface area contributed by atoms with Crippen LogP contribution in [0.4, 0.5) is 0 Å². The number of nitrogens with one attached hydrogen (secondary N) is 1. The van der Waals surface area contributed by atoms with E-state index in [-0.39, 0.29) is 5.75 Å². The third-order valence-electron chi connectivity index (χ3n) is 2.59. The lowest BCUT2D eigenvalue weighted by molar-refractivity contribution is -0.0576. The summed E-state index contributed by atoms with van der Waals surface area (Å²) in [7, 11) is 0. The van der Waals surface area contributed by atoms with E-state index in [1.54, 1.807) is 24.4 Å². The first-order chi connectivity index (χ1) is 7.58. The van der Waals surface area contributed by atoms with Gasteiger partial charge in [0.15, 0.2) is 6.29 Å². The number of nitrogens with two attached hydrogens (primary N) is 1. The van der Waals surface area contributed by atoms with Gasteiger partial charge in [0, 0.05) is 17.1 Å². The van der Waals surface area contributed by atoms with E-state index in [0.717, 1.165) is 16.5 Å². The summed E-state index contributed by atoms with van der Waals surface area (Å²) >= 11 is 0. The van der Waals surface area contributed by atoms with Crippen LogP contribution >= 0.6 is 0 Å². The van der Waals surface area contributed by atoms with Crippen molar-refractivity contribution in [2.24, 2.45) is 5.73 Å². The van der Waals surface area contributed by atoms with E-state index < -0.39 is 12.3 Å². The predicted molar refractivity (Wildman–Crippen MR) is 59.9 cm³/mol. The molecule has 6 N–H and O–H groups in total. The van der Waals surface area contributed by atoms with Crippen LogP contribution in [0.2, 0.25) is 0 Å². The Hall–Kier alpha value is -1.56. The van der Waals surface area contributed by atoms with Crippen LogP contribution in [0, 0.1) is 0 Å². The average molecular weight is 222 g/mol. The maximum atomic E-state index is 9.37. The molecule has 0 aliphatic carbocycles. The fraction of sp³-hybridized carbons (Fsp3) is 0.273. The van der Waals surface area contributed by atoms with Crippen LogP contribution in [0.1, 0.15) is 5.56 Å². The van der Waals surface area contributed by atoms with Crippen molar-refractivity contribution in [2.45, 2.75) is 18.8 Å². The van der Waals surface area contributed by atoms with Crippen molar-refractivity contribution in [1.82, 2.24) is 4.98 Å². The van der Waals surface area contributed by atoms with Crippen LogP contribution in [0.3, 0.4) is 0 Å². The van der Waals surface area contributed by atoms with Crippen molar-refractivity contribution in [3.63, 3.8) is 0 Å². The maximum Gasteiger partial charge on any atom is 0.167 e. The van der Waals surface area contributed by atoms with Gasteiger partial charge >= 0.3 is 0 Å². The lowest BCUT2D eigenvalue weighted by Gasteiger charge is -2.12. The molecule has 0 aliphatic rings. The minimum Gasteiger partial charge on any atom is -0.508 e. The number of aliphatic hydroxyl groups is 2. The summed E-state index contributed by atoms with van der Waals surface area (Å²) in [5, 5.41) is 28.1. The Morgan fingerprint density at radius 1 is 1.31 bits per heavy atom. The van der Waals surface area contributed by atoms with Crippen LogP contribution < -0.4 is 5.73 Å². The zero-order chi connectivity index (χ0) is 11.7. The Morgan fingerprint density at radius 2 is 2.06 bits per heavy atom. The molecule has 5 nitrogen and oxygen atoms in total. The molecule has 2 rings (SSSR count). The van der Waals surface area contributed by atoms with Gasteiger partial charge < -0.3 is 26.0 Å². The van der Waals surface area contributed by atoms with Crippen molar-refractivity contribution < 1.29 is 15.3 Å². The summed E-state index contributed by atoms with van der Waals surface area (Å²) in [5.74, 6) is 0.173. The van der Waals surface area contributed by atoms with E-state index >= 15 is 0 Å². The number of aromatic amines is 1. The highest BCUT2D eigenvalue weighted by molar-refractivity contribution is 5.84. The van der Waals surface area contributed by atoms with Gasteiger partial charge in [0.25, 0.3) is 0 Å². The van der Waals surface area contributed by atoms with Crippen LogP contribution in [-0.4, -0.2) is 32.6 Å². The number of H-pyrrole nitrogens is 1. The van der Waals surface area contributed by atoms with Crippen molar-refractivity contribution in [2.75, 3.05) is 0 Å². The second-order valence-corrected chi connectivity index (χ2v) is 3.83. The molecule has 1 heterocycles.